The Morgan fingerprint density at radius 3 is 0.962 bits per heavy atom. The second-order valence-electron chi connectivity index (χ2n) is 9.58. The molecule has 6 aliphatic rings. The van der Waals surface area contributed by atoms with E-state index in [9.17, 15) is 9.59 Å². The molecule has 6 fully saturated rings. The number of fused-ring (bicyclic) bond motifs is 18. The molecule has 0 aromatic rings. The fraction of sp³-hybridized carbons (Fsp3) is 0.900. The van der Waals surface area contributed by atoms with Crippen LogP contribution in [0, 0.1) is 71.0 Å². The largest absolute Gasteiger partial charge is 0.353 e. The number of ether oxygens (including phenoxy) is 4. The van der Waals surface area contributed by atoms with Crippen LogP contribution in [0.5, 0.6) is 0 Å². The summed E-state index contributed by atoms with van der Waals surface area (Å²) in [5.41, 5.74) is 0. The van der Waals surface area contributed by atoms with Gasteiger partial charge in [-0.25, -0.2) is 0 Å². The van der Waals surface area contributed by atoms with E-state index in [1.807, 2.05) is 0 Å². The van der Waals surface area contributed by atoms with E-state index in [1.165, 1.54) is 0 Å². The average molecular weight is 360 g/mol. The van der Waals surface area contributed by atoms with E-state index in [0.29, 0.717) is 23.7 Å². The number of ketones is 2. The first-order valence-corrected chi connectivity index (χ1v) is 9.83. The third-order valence-corrected chi connectivity index (χ3v) is 10.2. The van der Waals surface area contributed by atoms with Crippen molar-refractivity contribution < 1.29 is 28.5 Å². The predicted molar refractivity (Wildman–Crippen MR) is 85.4 cm³/mol. The van der Waals surface area contributed by atoms with E-state index in [2.05, 4.69) is 0 Å². The predicted octanol–water partition coefficient (Wildman–Crippen LogP) is 0.592. The molecule has 8 atom stereocenters. The van der Waals surface area contributed by atoms with Crippen molar-refractivity contribution in [3.05, 3.63) is 0 Å². The van der Waals surface area contributed by atoms with Gasteiger partial charge in [0.05, 0.1) is 0 Å². The van der Waals surface area contributed by atoms with Crippen molar-refractivity contribution in [1.29, 1.82) is 0 Å². The lowest BCUT2D eigenvalue weighted by Crippen LogP contribution is -2.53. The minimum absolute atomic E-state index is 0.00640. The number of rotatable bonds is 4. The lowest BCUT2D eigenvalue weighted by atomic mass is 9.48. The number of hydrogen-bond donors (Lipinski definition) is 0. The molecule has 0 amide bonds. The third-order valence-electron chi connectivity index (χ3n) is 10.2. The van der Waals surface area contributed by atoms with Crippen LogP contribution < -0.4 is 0 Å². The highest BCUT2D eigenvalue weighted by molar-refractivity contribution is 6.03. The lowest BCUT2D eigenvalue weighted by Gasteiger charge is -2.54. The van der Waals surface area contributed by atoms with E-state index in [-0.39, 0.29) is 58.9 Å². The summed E-state index contributed by atoms with van der Waals surface area (Å²) in [6.45, 7) is 0. The monoisotopic (exact) mass is 360 g/mol. The first kappa shape index (κ1) is 15.1. The number of Topliss-reactive ketones (excluding diaryl/α,β-unsaturated/α-hetero) is 2. The molecule has 26 heavy (non-hydrogen) atoms. The highest BCUT2D eigenvalue weighted by Gasteiger charge is 2.94. The summed E-state index contributed by atoms with van der Waals surface area (Å²) in [5.74, 6) is -0.324. The van der Waals surface area contributed by atoms with Crippen molar-refractivity contribution >= 4 is 11.6 Å². The van der Waals surface area contributed by atoms with Crippen LogP contribution in [0.2, 0.25) is 0 Å². The standard InChI is InChI=1S/C20H24O6/c1-23-19(24-2)13-5-6-8-7(5)15-11-12(16(8)20(15,25-3)26-4)18(22)10(14(6)19)9(13)17(11)21/h5-16H,1-4H3/t5?,6?,7?,8?,9-,10+,11+,12-,13-,14+,15+,16-. The highest BCUT2D eigenvalue weighted by atomic mass is 16.7. The summed E-state index contributed by atoms with van der Waals surface area (Å²) in [6, 6.07) is 0. The van der Waals surface area contributed by atoms with Gasteiger partial charge >= 0.3 is 0 Å². The molecule has 0 aromatic carbocycles. The van der Waals surface area contributed by atoms with Crippen molar-refractivity contribution in [2.24, 2.45) is 71.0 Å². The summed E-state index contributed by atoms with van der Waals surface area (Å²) < 4.78 is 24.0. The molecule has 0 saturated heterocycles. The molecule has 0 aliphatic heterocycles. The first-order chi connectivity index (χ1) is 12.6. The van der Waals surface area contributed by atoms with E-state index < -0.39 is 11.6 Å². The Labute approximate surface area is 151 Å². The van der Waals surface area contributed by atoms with Crippen molar-refractivity contribution in [3.8, 4) is 0 Å². The van der Waals surface area contributed by atoms with Gasteiger partial charge in [-0.1, -0.05) is 0 Å². The fourth-order valence-electron chi connectivity index (χ4n) is 10.3. The Balaban J connectivity index is 1.55. The molecule has 0 aromatic heterocycles. The average Bonchev–Trinajstić information content (AvgIpc) is 3.27. The zero-order valence-electron chi connectivity index (χ0n) is 15.4. The molecule has 4 bridgehead atoms. The Kier molecular flexibility index (Phi) is 2.31. The van der Waals surface area contributed by atoms with Gasteiger partial charge in [0.15, 0.2) is 11.6 Å². The fourth-order valence-corrected chi connectivity index (χ4v) is 10.3. The molecular formula is C20H24O6. The SMILES string of the molecule is COC1(OC)[C@@H]2C3C4C5C3[C@H]3[C@H]6C(=O)[C@@H]2[C@H](C(=O)[C@H]6[C@@H]5C3(OC)OC)[C@H]41. The van der Waals surface area contributed by atoms with Crippen molar-refractivity contribution in [2.45, 2.75) is 11.6 Å². The molecule has 0 unspecified atom stereocenters. The molecule has 6 rings (SSSR count). The number of carbonyl (C=O) groups is 2. The zero-order chi connectivity index (χ0) is 17.9. The van der Waals surface area contributed by atoms with Gasteiger partial charge in [0, 0.05) is 75.8 Å². The van der Waals surface area contributed by atoms with Crippen LogP contribution >= 0.6 is 0 Å². The molecule has 140 valence electrons. The number of methoxy groups -OCH3 is 4. The van der Waals surface area contributed by atoms with Crippen LogP contribution in [0.3, 0.4) is 0 Å². The Hall–Kier alpha value is -0.820. The first-order valence-electron chi connectivity index (χ1n) is 9.83. The van der Waals surface area contributed by atoms with Gasteiger partial charge in [-0.15, -0.1) is 0 Å². The van der Waals surface area contributed by atoms with Gasteiger partial charge in [-0.3, -0.25) is 9.59 Å². The van der Waals surface area contributed by atoms with Crippen molar-refractivity contribution in [2.75, 3.05) is 28.4 Å². The molecule has 0 radical (unpaired) electrons. The van der Waals surface area contributed by atoms with E-state index in [1.54, 1.807) is 28.4 Å². The number of hydrogen-bond acceptors (Lipinski definition) is 6. The van der Waals surface area contributed by atoms with Crippen LogP contribution in [-0.4, -0.2) is 51.6 Å². The smallest absolute Gasteiger partial charge is 0.175 e. The molecule has 0 heterocycles. The van der Waals surface area contributed by atoms with Crippen LogP contribution in [0.4, 0.5) is 0 Å². The minimum atomic E-state index is -0.771. The molecule has 6 saturated carbocycles. The maximum absolute atomic E-state index is 13.7. The van der Waals surface area contributed by atoms with E-state index in [0.717, 1.165) is 0 Å². The molecule has 6 heteroatoms. The van der Waals surface area contributed by atoms with Crippen LogP contribution in [0.1, 0.15) is 0 Å². The van der Waals surface area contributed by atoms with Gasteiger partial charge in [-0.2, -0.15) is 0 Å². The Morgan fingerprint density at radius 1 is 0.538 bits per heavy atom. The second-order valence-corrected chi connectivity index (χ2v) is 9.58. The highest BCUT2D eigenvalue weighted by Crippen LogP contribution is 2.88. The van der Waals surface area contributed by atoms with Crippen molar-refractivity contribution in [3.63, 3.8) is 0 Å². The molecule has 0 N–H and O–H groups in total. The maximum atomic E-state index is 13.7. The van der Waals surface area contributed by atoms with Gasteiger partial charge in [0.25, 0.3) is 0 Å². The van der Waals surface area contributed by atoms with Crippen LogP contribution in [-0.2, 0) is 28.5 Å². The van der Waals surface area contributed by atoms with Crippen molar-refractivity contribution in [1.82, 2.24) is 0 Å². The lowest BCUT2D eigenvalue weighted by molar-refractivity contribution is -0.248. The Bertz CT molecular complexity index is 644. The minimum Gasteiger partial charge on any atom is -0.353 e. The quantitative estimate of drug-likeness (QED) is 0.540. The summed E-state index contributed by atoms with van der Waals surface area (Å²) >= 11 is 0. The van der Waals surface area contributed by atoms with E-state index >= 15 is 0 Å². The zero-order valence-corrected chi connectivity index (χ0v) is 15.4. The summed E-state index contributed by atoms with van der Waals surface area (Å²) in [5, 5.41) is 0. The van der Waals surface area contributed by atoms with Gasteiger partial charge in [-0.05, 0) is 23.7 Å². The van der Waals surface area contributed by atoms with Crippen LogP contribution in [0.15, 0.2) is 0 Å². The van der Waals surface area contributed by atoms with E-state index in [4.69, 9.17) is 18.9 Å². The normalized spacial score (nSPS) is 62.5. The Morgan fingerprint density at radius 2 is 0.769 bits per heavy atom. The third kappa shape index (κ3) is 0.993. The molecular weight excluding hydrogens is 336 g/mol. The van der Waals surface area contributed by atoms with Crippen LogP contribution in [0.25, 0.3) is 0 Å². The number of carbonyl (C=O) groups excluding carboxylic acids is 2. The second kappa shape index (κ2) is 3.97. The summed E-state index contributed by atoms with van der Waals surface area (Å²) in [7, 11) is 6.74. The van der Waals surface area contributed by atoms with Gasteiger partial charge in [0.1, 0.15) is 11.6 Å². The van der Waals surface area contributed by atoms with Gasteiger partial charge < -0.3 is 18.9 Å². The molecule has 6 aliphatic carbocycles. The summed E-state index contributed by atoms with van der Waals surface area (Å²) in [4.78, 5) is 27.4. The summed E-state index contributed by atoms with van der Waals surface area (Å²) in [6.07, 6.45) is 0. The topological polar surface area (TPSA) is 71.1 Å². The molecule has 0 spiro atoms. The van der Waals surface area contributed by atoms with Gasteiger partial charge in [0.2, 0.25) is 0 Å². The maximum Gasteiger partial charge on any atom is 0.175 e. The molecule has 6 nitrogen and oxygen atoms in total.